The van der Waals surface area contributed by atoms with E-state index in [9.17, 15) is 13.9 Å². The van der Waals surface area contributed by atoms with Crippen LogP contribution in [0.15, 0.2) is 30.3 Å². The first-order chi connectivity index (χ1) is 8.11. The van der Waals surface area contributed by atoms with Gasteiger partial charge in [0.25, 0.3) is 0 Å². The van der Waals surface area contributed by atoms with Crippen LogP contribution in [0.25, 0.3) is 11.1 Å². The largest absolute Gasteiger partial charge is 0.507 e. The SMILES string of the molecule is Oc1[c]c(F)c(F)c(-c2ccc(C=S)cc2)c1. The molecule has 0 amide bonds. The molecule has 2 rings (SSSR count). The van der Waals surface area contributed by atoms with E-state index in [1.807, 2.05) is 6.07 Å². The standard InChI is InChI=1S/C13H7F2OS/c14-12-6-10(16)5-11(13(12)15)9-3-1-8(7-17)2-4-9/h1-5,7,16H. The Morgan fingerprint density at radius 3 is 2.41 bits per heavy atom. The number of hydrogen-bond acceptors (Lipinski definition) is 2. The van der Waals surface area contributed by atoms with Crippen molar-refractivity contribution in [2.75, 3.05) is 0 Å². The van der Waals surface area contributed by atoms with Crippen LogP contribution in [0.5, 0.6) is 5.75 Å². The number of benzene rings is 2. The highest BCUT2D eigenvalue weighted by molar-refractivity contribution is 7.79. The highest BCUT2D eigenvalue weighted by atomic mass is 32.1. The molecule has 2 aromatic carbocycles. The van der Waals surface area contributed by atoms with Gasteiger partial charge in [-0.25, -0.2) is 8.78 Å². The Hall–Kier alpha value is -1.81. The maximum atomic E-state index is 13.5. The minimum absolute atomic E-state index is 0.00494. The number of rotatable bonds is 2. The van der Waals surface area contributed by atoms with Crippen molar-refractivity contribution in [3.63, 3.8) is 0 Å². The van der Waals surface area contributed by atoms with Crippen LogP contribution >= 0.6 is 12.2 Å². The van der Waals surface area contributed by atoms with Crippen molar-refractivity contribution in [1.82, 2.24) is 0 Å². The van der Waals surface area contributed by atoms with E-state index in [2.05, 4.69) is 0 Å². The van der Waals surface area contributed by atoms with E-state index in [-0.39, 0.29) is 5.56 Å². The molecular weight excluding hydrogens is 242 g/mol. The topological polar surface area (TPSA) is 20.2 Å². The fourth-order valence-corrected chi connectivity index (χ4v) is 1.63. The maximum Gasteiger partial charge on any atom is 0.171 e. The van der Waals surface area contributed by atoms with Gasteiger partial charge < -0.3 is 5.11 Å². The number of aromatic hydroxyl groups is 1. The molecule has 0 unspecified atom stereocenters. The Bertz CT molecular complexity index is 564. The summed E-state index contributed by atoms with van der Waals surface area (Å²) in [6.07, 6.45) is 0. The normalized spacial score (nSPS) is 10.2. The van der Waals surface area contributed by atoms with Crippen LogP contribution in [-0.4, -0.2) is 10.5 Å². The molecule has 0 bridgehead atoms. The molecule has 0 aliphatic rings. The molecule has 0 aliphatic carbocycles. The van der Waals surface area contributed by atoms with Gasteiger partial charge >= 0.3 is 0 Å². The minimum atomic E-state index is -1.20. The van der Waals surface area contributed by atoms with Crippen LogP contribution in [-0.2, 0) is 0 Å². The van der Waals surface area contributed by atoms with E-state index in [0.717, 1.165) is 11.6 Å². The van der Waals surface area contributed by atoms with Crippen molar-refractivity contribution in [1.29, 1.82) is 0 Å². The molecule has 0 fully saturated rings. The number of phenolic OH excluding ortho intramolecular Hbond substituents is 1. The summed E-state index contributed by atoms with van der Waals surface area (Å²) in [6.45, 7) is 0. The lowest BCUT2D eigenvalue weighted by atomic mass is 10.0. The van der Waals surface area contributed by atoms with Gasteiger partial charge in [-0.05, 0) is 17.2 Å². The predicted octanol–water partition coefficient (Wildman–Crippen LogP) is 3.49. The summed E-state index contributed by atoms with van der Waals surface area (Å²) in [6, 6.07) is 9.58. The number of halogens is 2. The van der Waals surface area contributed by atoms with Gasteiger partial charge in [0.1, 0.15) is 5.75 Å². The average molecular weight is 249 g/mol. The molecule has 0 spiro atoms. The lowest BCUT2D eigenvalue weighted by molar-refractivity contribution is 0.454. The first kappa shape index (κ1) is 11.7. The average Bonchev–Trinajstić information content (AvgIpc) is 2.34. The molecule has 0 aliphatic heterocycles. The molecule has 2 aromatic rings. The molecule has 0 heterocycles. The summed E-state index contributed by atoms with van der Waals surface area (Å²) in [4.78, 5) is 0. The van der Waals surface area contributed by atoms with Gasteiger partial charge in [0.2, 0.25) is 0 Å². The van der Waals surface area contributed by atoms with E-state index in [4.69, 9.17) is 12.2 Å². The van der Waals surface area contributed by atoms with Gasteiger partial charge in [-0.1, -0.05) is 36.5 Å². The summed E-state index contributed by atoms with van der Waals surface area (Å²) in [5.41, 5.74) is 1.26. The fraction of sp³-hybridized carbons (Fsp3) is 0. The van der Waals surface area contributed by atoms with Crippen LogP contribution in [0.4, 0.5) is 8.78 Å². The quantitative estimate of drug-likeness (QED) is 0.822. The molecule has 17 heavy (non-hydrogen) atoms. The summed E-state index contributed by atoms with van der Waals surface area (Å²) in [5.74, 6) is -2.66. The molecule has 1 nitrogen and oxygen atoms in total. The molecule has 0 aromatic heterocycles. The second-order valence-corrected chi connectivity index (χ2v) is 3.67. The first-order valence-corrected chi connectivity index (χ1v) is 5.25. The Kier molecular flexibility index (Phi) is 3.15. The Morgan fingerprint density at radius 2 is 1.82 bits per heavy atom. The van der Waals surface area contributed by atoms with Crippen molar-refractivity contribution in [3.8, 4) is 16.9 Å². The summed E-state index contributed by atoms with van der Waals surface area (Å²) in [7, 11) is 0. The lowest BCUT2D eigenvalue weighted by Crippen LogP contribution is -1.90. The maximum absolute atomic E-state index is 13.5. The zero-order valence-corrected chi connectivity index (χ0v) is 9.39. The van der Waals surface area contributed by atoms with E-state index >= 15 is 0 Å². The summed E-state index contributed by atoms with van der Waals surface area (Å²) >= 11 is 4.74. The van der Waals surface area contributed by atoms with Crippen molar-refractivity contribution < 1.29 is 13.9 Å². The zero-order valence-electron chi connectivity index (χ0n) is 8.58. The molecule has 85 valence electrons. The number of hydrogen-bond donors (Lipinski definition) is 1. The van der Waals surface area contributed by atoms with E-state index in [1.165, 1.54) is 5.37 Å². The number of phenols is 1. The second kappa shape index (κ2) is 4.59. The molecule has 1 N–H and O–H groups in total. The van der Waals surface area contributed by atoms with Crippen molar-refractivity contribution in [3.05, 3.63) is 53.6 Å². The first-order valence-electron chi connectivity index (χ1n) is 4.77. The smallest absolute Gasteiger partial charge is 0.171 e. The highest BCUT2D eigenvalue weighted by Crippen LogP contribution is 2.28. The molecule has 0 atom stereocenters. The summed E-state index contributed by atoms with van der Waals surface area (Å²) < 4.78 is 26.6. The van der Waals surface area contributed by atoms with Crippen molar-refractivity contribution in [2.45, 2.75) is 0 Å². The van der Waals surface area contributed by atoms with Gasteiger partial charge in [-0.3, -0.25) is 0 Å². The Balaban J connectivity index is 2.55. The van der Waals surface area contributed by atoms with Gasteiger partial charge in [0.15, 0.2) is 11.6 Å². The van der Waals surface area contributed by atoms with Crippen molar-refractivity contribution >= 4 is 17.6 Å². The third-order valence-electron chi connectivity index (χ3n) is 2.31. The summed E-state index contributed by atoms with van der Waals surface area (Å²) in [5, 5.41) is 10.7. The lowest BCUT2D eigenvalue weighted by Gasteiger charge is -2.05. The minimum Gasteiger partial charge on any atom is -0.507 e. The zero-order chi connectivity index (χ0) is 12.4. The highest BCUT2D eigenvalue weighted by Gasteiger charge is 2.12. The van der Waals surface area contributed by atoms with Crippen molar-refractivity contribution in [2.24, 2.45) is 0 Å². The third kappa shape index (κ3) is 2.31. The molecule has 0 saturated carbocycles. The van der Waals surface area contributed by atoms with Gasteiger partial charge in [-0.2, -0.15) is 0 Å². The molecular formula is C13H7F2OS. The van der Waals surface area contributed by atoms with Gasteiger partial charge in [-0.15, -0.1) is 0 Å². The Labute approximate surface area is 102 Å². The molecule has 1 radical (unpaired) electrons. The van der Waals surface area contributed by atoms with Crippen LogP contribution in [0.2, 0.25) is 0 Å². The van der Waals surface area contributed by atoms with Crippen LogP contribution in [0, 0.1) is 17.7 Å². The number of thiocarbonyl (C=S) groups is 1. The van der Waals surface area contributed by atoms with Crippen LogP contribution < -0.4 is 0 Å². The fourth-order valence-electron chi connectivity index (χ4n) is 1.47. The monoisotopic (exact) mass is 249 g/mol. The second-order valence-electron chi connectivity index (χ2n) is 3.44. The molecule has 4 heteroatoms. The van der Waals surface area contributed by atoms with Crippen LogP contribution in [0.3, 0.4) is 0 Å². The predicted molar refractivity (Wildman–Crippen MR) is 65.1 cm³/mol. The Morgan fingerprint density at radius 1 is 1.18 bits per heavy atom. The van der Waals surface area contributed by atoms with Gasteiger partial charge in [0.05, 0.1) is 6.07 Å². The third-order valence-corrected chi connectivity index (χ3v) is 2.58. The van der Waals surface area contributed by atoms with Crippen LogP contribution in [0.1, 0.15) is 5.56 Å². The van der Waals surface area contributed by atoms with Gasteiger partial charge in [0, 0.05) is 10.9 Å². The molecule has 0 saturated heterocycles. The van der Waals surface area contributed by atoms with E-state index < -0.39 is 17.4 Å². The van der Waals surface area contributed by atoms with E-state index in [1.54, 1.807) is 24.3 Å². The van der Waals surface area contributed by atoms with E-state index in [0.29, 0.717) is 5.56 Å².